The van der Waals surface area contributed by atoms with E-state index in [1.165, 1.54) is 4.57 Å². The Bertz CT molecular complexity index is 1020. The van der Waals surface area contributed by atoms with E-state index >= 15 is 0 Å². The number of imidazole rings is 1. The number of halogens is 7. The maximum Gasteiger partial charge on any atom is 0.392 e. The monoisotopic (exact) mass is 497 g/mol. The van der Waals surface area contributed by atoms with Gasteiger partial charge in [-0.2, -0.15) is 36.3 Å². The number of anilines is 1. The van der Waals surface area contributed by atoms with Crippen molar-refractivity contribution in [1.82, 2.24) is 19.5 Å². The molecule has 0 unspecified atom stereocenters. The van der Waals surface area contributed by atoms with Gasteiger partial charge in [0, 0.05) is 0 Å². The van der Waals surface area contributed by atoms with Gasteiger partial charge >= 0.3 is 19.9 Å². The van der Waals surface area contributed by atoms with Crippen LogP contribution < -0.4 is 5.73 Å². The van der Waals surface area contributed by atoms with Crippen molar-refractivity contribution in [2.45, 2.75) is 55.5 Å². The lowest BCUT2D eigenvalue weighted by atomic mass is 10.1. The number of aromatic nitrogens is 4. The lowest BCUT2D eigenvalue weighted by molar-refractivity contribution is -0.225. The molecule has 0 amide bonds. The second-order valence-corrected chi connectivity index (χ2v) is 9.54. The van der Waals surface area contributed by atoms with E-state index in [2.05, 4.69) is 15.0 Å². The molecule has 2 aromatic heterocycles. The number of hydrogen-bond donors (Lipinski definition) is 3. The second kappa shape index (κ2) is 7.44. The van der Waals surface area contributed by atoms with Crippen LogP contribution in [0, 0.1) is 0 Å². The zero-order valence-electron chi connectivity index (χ0n) is 15.3. The first kappa shape index (κ1) is 24.0. The Morgan fingerprint density at radius 1 is 1.16 bits per heavy atom. The average molecular weight is 498 g/mol. The van der Waals surface area contributed by atoms with Crippen LogP contribution in [-0.4, -0.2) is 52.6 Å². The number of hydrogen-bond acceptors (Lipinski definition) is 6. The summed E-state index contributed by atoms with van der Waals surface area (Å²) in [7, 11) is -6.06. The summed E-state index contributed by atoms with van der Waals surface area (Å²) in [6.07, 6.45) is -14.6. The molecule has 1 fully saturated rings. The lowest BCUT2D eigenvalue weighted by Crippen LogP contribution is -2.46. The maximum atomic E-state index is 13.1. The molecule has 31 heavy (non-hydrogen) atoms. The SMILES string of the molecule is Nc1nc(Cl)c2ncn(CC3(OC(CC(F)(F)F)(CC(F)(F)F)P(=O)(O)O)CC3)c2n1. The van der Waals surface area contributed by atoms with Crippen molar-refractivity contribution in [3.8, 4) is 0 Å². The van der Waals surface area contributed by atoms with Crippen molar-refractivity contribution in [3.63, 3.8) is 0 Å². The van der Waals surface area contributed by atoms with Gasteiger partial charge in [-0.15, -0.1) is 0 Å². The first-order chi connectivity index (χ1) is 13.9. The Balaban J connectivity index is 2.00. The van der Waals surface area contributed by atoms with Crippen molar-refractivity contribution in [1.29, 1.82) is 0 Å². The van der Waals surface area contributed by atoms with Crippen LogP contribution in [-0.2, 0) is 15.8 Å². The molecule has 0 atom stereocenters. The van der Waals surface area contributed by atoms with Gasteiger partial charge in [0.25, 0.3) is 0 Å². The summed E-state index contributed by atoms with van der Waals surface area (Å²) in [5, 5.41) is -3.98. The summed E-state index contributed by atoms with van der Waals surface area (Å²) in [5.74, 6) is -0.260. The predicted molar refractivity (Wildman–Crippen MR) is 93.9 cm³/mol. The molecule has 2 heterocycles. The minimum Gasteiger partial charge on any atom is -0.368 e. The predicted octanol–water partition coefficient (Wildman–Crippen LogP) is 3.39. The van der Waals surface area contributed by atoms with E-state index in [-0.39, 0.29) is 35.1 Å². The molecule has 9 nitrogen and oxygen atoms in total. The van der Waals surface area contributed by atoms with E-state index in [1.807, 2.05) is 0 Å². The second-order valence-electron chi connectivity index (χ2n) is 7.28. The van der Waals surface area contributed by atoms with Gasteiger partial charge in [0.05, 0.1) is 31.3 Å². The van der Waals surface area contributed by atoms with Crippen molar-refractivity contribution in [3.05, 3.63) is 11.5 Å². The fraction of sp³-hybridized carbons (Fsp3) is 0.643. The third-order valence-electron chi connectivity index (χ3n) is 4.60. The number of alkyl halides is 6. The molecule has 4 N–H and O–H groups in total. The highest BCUT2D eigenvalue weighted by molar-refractivity contribution is 7.53. The van der Waals surface area contributed by atoms with Crippen molar-refractivity contribution in [2.75, 3.05) is 5.73 Å². The van der Waals surface area contributed by atoms with Gasteiger partial charge in [-0.05, 0) is 12.8 Å². The number of fused-ring (bicyclic) bond motifs is 1. The zero-order valence-corrected chi connectivity index (χ0v) is 16.9. The standard InChI is InChI=1S/C14H15ClF6N5O4P/c15-8-7-9(25-10(22)24-8)26(6-23-7)5-11(1-2-11)30-12(31(27,28)29,3-13(16,17)18)4-14(19,20)21/h6H,1-5H2,(H2,22,24,25)(H2,27,28,29). The topological polar surface area (TPSA) is 136 Å². The fourth-order valence-electron chi connectivity index (χ4n) is 3.21. The molecule has 0 radical (unpaired) electrons. The summed E-state index contributed by atoms with van der Waals surface area (Å²) < 4.78 is 96.6. The van der Waals surface area contributed by atoms with Crippen molar-refractivity contribution >= 4 is 36.3 Å². The Morgan fingerprint density at radius 2 is 1.71 bits per heavy atom. The quantitative estimate of drug-likeness (QED) is 0.301. The minimum atomic E-state index is -6.06. The highest BCUT2D eigenvalue weighted by Crippen LogP contribution is 2.63. The number of rotatable bonds is 7. The van der Waals surface area contributed by atoms with Crippen LogP contribution in [0.25, 0.3) is 11.2 Å². The largest absolute Gasteiger partial charge is 0.392 e. The van der Waals surface area contributed by atoms with Crippen LogP contribution >= 0.6 is 19.2 Å². The highest BCUT2D eigenvalue weighted by Gasteiger charge is 2.64. The summed E-state index contributed by atoms with van der Waals surface area (Å²) in [6.45, 7) is -0.395. The molecule has 0 aromatic carbocycles. The van der Waals surface area contributed by atoms with E-state index in [4.69, 9.17) is 22.1 Å². The number of nitrogens with zero attached hydrogens (tertiary/aromatic N) is 4. The average Bonchev–Trinajstić information content (AvgIpc) is 3.14. The molecule has 0 aliphatic heterocycles. The van der Waals surface area contributed by atoms with Crippen molar-refractivity contribution in [2.24, 2.45) is 0 Å². The highest BCUT2D eigenvalue weighted by atomic mass is 35.5. The molecule has 174 valence electrons. The van der Waals surface area contributed by atoms with E-state index in [0.717, 1.165) is 6.33 Å². The normalized spacial score (nSPS) is 17.3. The molecule has 17 heteroatoms. The number of nitrogens with two attached hydrogens (primary N) is 1. The molecular weight excluding hydrogens is 483 g/mol. The van der Waals surface area contributed by atoms with E-state index < -0.39 is 50.3 Å². The minimum absolute atomic E-state index is 0.0285. The third-order valence-corrected chi connectivity index (χ3v) is 6.33. The summed E-state index contributed by atoms with van der Waals surface area (Å²) in [6, 6.07) is 0. The Labute approximate surface area is 174 Å². The molecule has 2 aromatic rings. The van der Waals surface area contributed by atoms with Crippen LogP contribution in [0.5, 0.6) is 0 Å². The Morgan fingerprint density at radius 3 is 2.16 bits per heavy atom. The molecule has 0 saturated heterocycles. The van der Waals surface area contributed by atoms with Gasteiger partial charge in [0.2, 0.25) is 5.95 Å². The van der Waals surface area contributed by atoms with Gasteiger partial charge in [-0.3, -0.25) is 4.57 Å². The van der Waals surface area contributed by atoms with Gasteiger partial charge in [-0.1, -0.05) is 11.6 Å². The van der Waals surface area contributed by atoms with E-state index in [9.17, 15) is 40.7 Å². The Kier molecular flexibility index (Phi) is 5.76. The Hall–Kier alpha value is -1.67. The number of ether oxygens (including phenoxy) is 1. The van der Waals surface area contributed by atoms with Gasteiger partial charge in [-0.25, -0.2) is 4.98 Å². The summed E-state index contributed by atoms with van der Waals surface area (Å²) >= 11 is 5.88. The van der Waals surface area contributed by atoms with Crippen LogP contribution in [0.15, 0.2) is 6.33 Å². The third kappa shape index (κ3) is 5.40. The van der Waals surface area contributed by atoms with Crippen LogP contribution in [0.1, 0.15) is 25.7 Å². The molecule has 1 aliphatic rings. The molecule has 0 bridgehead atoms. The van der Waals surface area contributed by atoms with Gasteiger partial charge < -0.3 is 24.8 Å². The fourth-order valence-corrected chi connectivity index (χ4v) is 4.52. The smallest absolute Gasteiger partial charge is 0.368 e. The van der Waals surface area contributed by atoms with Crippen molar-refractivity contribution < 1.29 is 45.4 Å². The first-order valence-corrected chi connectivity index (χ1v) is 10.5. The maximum absolute atomic E-state index is 13.1. The zero-order chi connectivity index (χ0) is 23.5. The summed E-state index contributed by atoms with van der Waals surface area (Å²) in [5.41, 5.74) is 3.87. The number of nitrogen functional groups attached to an aromatic ring is 1. The molecule has 1 aliphatic carbocycles. The van der Waals surface area contributed by atoms with Crippen LogP contribution in [0.3, 0.4) is 0 Å². The van der Waals surface area contributed by atoms with E-state index in [1.54, 1.807) is 0 Å². The van der Waals surface area contributed by atoms with E-state index in [0.29, 0.717) is 0 Å². The van der Waals surface area contributed by atoms with Crippen LogP contribution in [0.2, 0.25) is 5.15 Å². The van der Waals surface area contributed by atoms with Gasteiger partial charge in [0.1, 0.15) is 5.52 Å². The lowest BCUT2D eigenvalue weighted by Gasteiger charge is -2.38. The molecule has 1 saturated carbocycles. The molecular formula is C14H15ClF6N5O4P. The summed E-state index contributed by atoms with van der Waals surface area (Å²) in [4.78, 5) is 30.5. The molecule has 3 rings (SSSR count). The van der Waals surface area contributed by atoms with Gasteiger partial charge in [0.15, 0.2) is 16.1 Å². The first-order valence-electron chi connectivity index (χ1n) is 8.48. The molecule has 0 spiro atoms. The van der Waals surface area contributed by atoms with Crippen LogP contribution in [0.4, 0.5) is 32.3 Å².